The van der Waals surface area contributed by atoms with Crippen molar-refractivity contribution in [2.45, 2.75) is 63.5 Å². The average molecular weight is 2000 g/mol. The first-order valence-corrected chi connectivity index (χ1v) is 45.0. The third kappa shape index (κ3) is 36.9. The van der Waals surface area contributed by atoms with Gasteiger partial charge in [-0.05, 0) is 154 Å². The van der Waals surface area contributed by atoms with Gasteiger partial charge in [0.15, 0.2) is 0 Å². The Morgan fingerprint density at radius 1 is 0.488 bits per heavy atom. The molecule has 38 heteroatoms. The van der Waals surface area contributed by atoms with Crippen molar-refractivity contribution in [3.8, 4) is 0 Å². The molecule has 0 aromatic heterocycles. The summed E-state index contributed by atoms with van der Waals surface area (Å²) in [6.45, 7) is -0.531. The van der Waals surface area contributed by atoms with E-state index < -0.39 is 83.7 Å². The number of nitro groups is 4. The van der Waals surface area contributed by atoms with Gasteiger partial charge in [0.1, 0.15) is 43.3 Å². The second-order valence-corrected chi connectivity index (χ2v) is 37.1. The van der Waals surface area contributed by atoms with E-state index in [-0.39, 0.29) is 140 Å². The number of ether oxygens (including phenoxy) is 3. The number of cyclic esters (lactones) is 1. The van der Waals surface area contributed by atoms with E-state index >= 15 is 0 Å². The summed E-state index contributed by atoms with van der Waals surface area (Å²) in [7, 11) is 0.628. The largest absolute Gasteiger partial charge is 0 e. The average Bonchev–Trinajstić information content (AvgIpc) is 1.67. The Labute approximate surface area is 739 Å². The summed E-state index contributed by atoms with van der Waals surface area (Å²) in [5.41, 5.74) is 4.99. The maximum Gasteiger partial charge on any atom is 0 e. The number of halogens is 7. The minimum Gasteiger partial charge on any atom is 0 e. The normalized spacial score (nSPS) is 13.0. The third-order valence-electron chi connectivity index (χ3n) is 16.5. The van der Waals surface area contributed by atoms with Crippen molar-refractivity contribution in [3.05, 3.63) is 357 Å². The van der Waals surface area contributed by atoms with Crippen molar-refractivity contribution in [3.63, 3.8) is 0 Å². The van der Waals surface area contributed by atoms with Crippen LogP contribution in [0.25, 0.3) is 16.7 Å². The van der Waals surface area contributed by atoms with Crippen LogP contribution in [0.2, 0.25) is 0 Å². The number of aliphatic hydroxyl groups is 1. The number of carbonyl (C=O) groups is 9. The number of amides is 3. The van der Waals surface area contributed by atoms with Crippen LogP contribution < -0.4 is 5.32 Å². The number of non-ortho nitro benzene ring substituents is 4. The van der Waals surface area contributed by atoms with Gasteiger partial charge in [-0.2, -0.15) is 0 Å². The first-order chi connectivity index (χ1) is 57.3. The van der Waals surface area contributed by atoms with Crippen LogP contribution in [0, 0.1) is 57.9 Å². The van der Waals surface area contributed by atoms with Gasteiger partial charge < -0.3 is 34.8 Å². The van der Waals surface area contributed by atoms with Crippen LogP contribution >= 0.6 is 63.2 Å². The van der Waals surface area contributed by atoms with Crippen molar-refractivity contribution in [2.75, 3.05) is 26.4 Å². The molecule has 0 spiro atoms. The van der Waals surface area contributed by atoms with E-state index in [1.807, 2.05) is 48.5 Å². The Hall–Kier alpha value is -11.6. The van der Waals surface area contributed by atoms with E-state index in [2.05, 4.69) is 57.4 Å². The molecule has 2 fully saturated rings. The molecule has 0 saturated carbocycles. The molecule has 0 bridgehead atoms. The number of allylic oxidation sites excluding steroid dienone is 3. The quantitative estimate of drug-likeness (QED) is 0.00927. The summed E-state index contributed by atoms with van der Waals surface area (Å²) in [5, 5.41) is 70.1. The Kier molecular flexibility index (Phi) is 45.9. The third-order valence-corrected chi connectivity index (χ3v) is 16.9. The smallest absolute Gasteiger partial charge is 0 e. The number of benzene rings is 9. The number of carbonyl (C=O) groups excluding carboxylic acids is 7. The molecule has 0 unspecified atom stereocenters. The van der Waals surface area contributed by atoms with Gasteiger partial charge in [-0.3, -0.25) is 69.2 Å². The molecule has 11 rings (SSSR count). The number of nitrogens with zero attached hydrogens (tertiary/aromatic N) is 5. The van der Waals surface area contributed by atoms with Crippen LogP contribution in [0.15, 0.2) is 249 Å². The Balaban J connectivity index is 0.000000323. The fourth-order valence-corrected chi connectivity index (χ4v) is 10.8. The molecule has 3 amide bonds. The van der Waals surface area contributed by atoms with Crippen molar-refractivity contribution < 1.29 is 134 Å². The summed E-state index contributed by atoms with van der Waals surface area (Å²) in [6.07, 6.45) is 6.45. The zero-order chi connectivity index (χ0) is 88.2. The molecule has 2 aliphatic heterocycles. The van der Waals surface area contributed by atoms with Crippen LogP contribution in [0.4, 0.5) is 40.7 Å². The summed E-state index contributed by atoms with van der Waals surface area (Å²) in [5.74, 6) is -4.87. The minimum atomic E-state index is -0.974. The van der Waals surface area contributed by atoms with E-state index in [4.69, 9.17) is 52.7 Å². The zero-order valence-corrected chi connectivity index (χ0v) is 71.7. The number of carboxylic acid groups (broad SMARTS) is 2. The van der Waals surface area contributed by atoms with Gasteiger partial charge in [-0.1, -0.05) is 140 Å². The van der Waals surface area contributed by atoms with E-state index in [1.165, 1.54) is 139 Å². The molecule has 121 heavy (non-hydrogen) atoms. The predicted octanol–water partition coefficient (Wildman–Crippen LogP) is 18.7. The number of hydrogen-bond acceptors (Lipinski definition) is 21. The fourth-order valence-electron chi connectivity index (χ4n) is 10.6. The number of carboxylic acids is 2. The van der Waals surface area contributed by atoms with Crippen LogP contribution in [0.5, 0.6) is 0 Å². The molecule has 630 valence electrons. The van der Waals surface area contributed by atoms with Gasteiger partial charge in [0.2, 0.25) is 11.8 Å². The molecule has 9 aromatic carbocycles. The van der Waals surface area contributed by atoms with E-state index in [1.54, 1.807) is 30.4 Å². The first-order valence-electron chi connectivity index (χ1n) is 35.2. The summed E-state index contributed by atoms with van der Waals surface area (Å²) >= 11 is 15.0. The SMILES string of the molecule is O=C(Cl)c1cccc([N+](=O)[O-])c1.O=C(Cl)c1cccc([N+](=O)[O-])c1.O=C(O)CC/C=C(\CO)c1ccc(F)cc1.O=C(O)CC/C=C(\COC(=O)c1cccc([N+](=O)[O-])c1)c1ccc(F)cc1.O=C(OC/C(=C\CCC(=O)N1C(=O)OC[C@@H]1c1ccccc1)c1ccc(F)cc1)c1cccc([N+](=O)[O-])c1.O=C1CC[C@H](c2ccccc2)N1.[I][V][I].[V]. The van der Waals surface area contributed by atoms with Crippen molar-refractivity contribution in [1.29, 1.82) is 0 Å². The number of esters is 2. The maximum atomic E-state index is 13.5. The van der Waals surface area contributed by atoms with E-state index in [9.17, 15) is 96.8 Å². The molecule has 2 aliphatic rings. The fraction of sp³-hybridized carbons (Fsp3) is 0.169. The van der Waals surface area contributed by atoms with Crippen molar-refractivity contribution in [1.82, 2.24) is 10.2 Å². The Morgan fingerprint density at radius 3 is 1.15 bits per heavy atom. The van der Waals surface area contributed by atoms with Gasteiger partial charge in [0.25, 0.3) is 33.2 Å². The molecular weight excluding hydrogens is 1930 g/mol. The predicted molar refractivity (Wildman–Crippen MR) is 448 cm³/mol. The molecule has 29 nitrogen and oxygen atoms in total. The van der Waals surface area contributed by atoms with Gasteiger partial charge in [-0.25, -0.2) is 32.5 Å². The molecule has 2 atom stereocenters. The minimum absolute atomic E-state index is 0. The summed E-state index contributed by atoms with van der Waals surface area (Å²) in [4.78, 5) is 144. The van der Waals surface area contributed by atoms with Crippen LogP contribution in [0.1, 0.15) is 133 Å². The maximum absolute atomic E-state index is 13.5. The topological polar surface area (TPSA) is 430 Å². The molecule has 9 aromatic rings. The number of nitrogens with one attached hydrogen (secondary N) is 1. The van der Waals surface area contributed by atoms with Crippen LogP contribution in [0.3, 0.4) is 0 Å². The van der Waals surface area contributed by atoms with Crippen molar-refractivity contribution >= 4 is 155 Å². The second kappa shape index (κ2) is 54.5. The van der Waals surface area contributed by atoms with E-state index in [0.717, 1.165) is 41.1 Å². The first kappa shape index (κ1) is 102. The molecule has 1 radical (unpaired) electrons. The van der Waals surface area contributed by atoms with E-state index in [0.29, 0.717) is 55.7 Å². The number of imide groups is 1. The number of nitro benzene ring substituents is 4. The van der Waals surface area contributed by atoms with Gasteiger partial charge in [-0.15, -0.1) is 0 Å². The number of rotatable bonds is 27. The molecular formula is C83H71Cl2F3I2N6O23V2. The number of aliphatic carboxylic acids is 2. The molecule has 2 saturated heterocycles. The molecule has 2 heterocycles. The van der Waals surface area contributed by atoms with Crippen LogP contribution in [-0.2, 0) is 61.4 Å². The molecule has 0 aliphatic carbocycles. The zero-order valence-electron chi connectivity index (χ0n) is 63.1. The standard InChI is InChI=1S/C28H23FN2O7.C19H16FNO6.C12H13FO3.C10H11NO.2C7H4ClNO3.2HI.2V/c29-23-14-12-19(13-15-23)22(17-37-27(33)21-8-4-10-24(16-21)31(35)36)9-5-11-26(32)30-25(18-38-28(30)34)20-6-2-1-3-7-20;20-16-9-7-13(8-10-16)15(4-2-6-18(22)23)12-27-19(24)14-3-1-5-17(11-14)21(25)26;13-11-6-4-9(5-7-11)10(8-14)2-1-3-12(15)16;12-10-7-6-9(11-10)8-4-2-1-3-5-8;2*8-7(10)5-2-1-3-6(4-5)9(11)12;;;;/h1-4,6-10,12-16,25H,5,11,17-18H2;1,3-5,7-11H,2,6,12H2,(H,22,23);2,4-7,14H,1,3,8H2,(H,15,16);1-5,9H,6-7H2,(H,11,12);2*1-4H;2*1H;;/q;;;;;;;;;+2/p-2/b22-9+;15-4+;10-2+;;;;;;;/t25-;;;9-;;;;;;/m1..1....../s1. The summed E-state index contributed by atoms with van der Waals surface area (Å²) < 4.78 is 54.9. The second-order valence-electron chi connectivity index (χ2n) is 24.6. The number of hydrogen-bond donors (Lipinski definition) is 4. The number of aliphatic hydroxyl groups excluding tert-OH is 1. The Bertz CT molecular complexity index is 5040. The van der Waals surface area contributed by atoms with Gasteiger partial charge >= 0.3 is 79.4 Å². The van der Waals surface area contributed by atoms with Crippen molar-refractivity contribution in [2.24, 2.45) is 0 Å². The van der Waals surface area contributed by atoms with Gasteiger partial charge in [0.05, 0.1) is 43.5 Å². The molecule has 4 N–H and O–H groups in total. The Morgan fingerprint density at radius 2 is 0.818 bits per heavy atom. The summed E-state index contributed by atoms with van der Waals surface area (Å²) in [6, 6.07) is 56.4. The van der Waals surface area contributed by atoms with Crippen LogP contribution in [-0.4, -0.2) is 119 Å². The van der Waals surface area contributed by atoms with Gasteiger partial charge in [0, 0.05) is 104 Å². The monoisotopic (exact) mass is 2000 g/mol.